The summed E-state index contributed by atoms with van der Waals surface area (Å²) in [6.07, 6.45) is 0. The fourth-order valence-electron chi connectivity index (χ4n) is 3.47. The SMILES string of the molecule is CN(C)Cc1ccc(-c2cc3c(-c4cccc(C#N)c4)cccc3[nH]2)cc1. The van der Waals surface area contributed by atoms with Crippen LogP contribution >= 0.6 is 0 Å². The first-order chi connectivity index (χ1) is 13.1. The monoisotopic (exact) mass is 351 g/mol. The molecule has 3 heteroatoms. The molecule has 0 aliphatic carbocycles. The van der Waals surface area contributed by atoms with E-state index in [1.807, 2.05) is 18.2 Å². The van der Waals surface area contributed by atoms with E-state index < -0.39 is 0 Å². The lowest BCUT2D eigenvalue weighted by molar-refractivity contribution is 0.402. The molecule has 0 saturated heterocycles. The standard InChI is InChI=1S/C24H21N3/c1-27(2)16-17-9-11-19(12-10-17)24-14-22-21(7-4-8-23(22)26-24)20-6-3-5-18(13-20)15-25/h3-14,26H,16H2,1-2H3. The molecule has 1 heterocycles. The highest BCUT2D eigenvalue weighted by molar-refractivity contribution is 5.98. The van der Waals surface area contributed by atoms with Gasteiger partial charge in [-0.1, -0.05) is 48.5 Å². The van der Waals surface area contributed by atoms with Gasteiger partial charge in [-0.2, -0.15) is 5.26 Å². The molecule has 0 amide bonds. The van der Waals surface area contributed by atoms with Gasteiger partial charge in [0.15, 0.2) is 0 Å². The Labute approximate surface area is 159 Å². The highest BCUT2D eigenvalue weighted by atomic mass is 15.0. The van der Waals surface area contributed by atoms with Crippen molar-refractivity contribution in [3.05, 3.63) is 83.9 Å². The lowest BCUT2D eigenvalue weighted by Crippen LogP contribution is -2.10. The van der Waals surface area contributed by atoms with Gasteiger partial charge in [-0.15, -0.1) is 0 Å². The van der Waals surface area contributed by atoms with Gasteiger partial charge >= 0.3 is 0 Å². The molecule has 4 rings (SSSR count). The van der Waals surface area contributed by atoms with Crippen LogP contribution in [-0.4, -0.2) is 24.0 Å². The quantitative estimate of drug-likeness (QED) is 0.532. The van der Waals surface area contributed by atoms with Crippen LogP contribution in [0.25, 0.3) is 33.3 Å². The number of nitrogens with one attached hydrogen (secondary N) is 1. The first-order valence-corrected chi connectivity index (χ1v) is 9.00. The molecule has 3 nitrogen and oxygen atoms in total. The fraction of sp³-hybridized carbons (Fsp3) is 0.125. The minimum absolute atomic E-state index is 0.678. The summed E-state index contributed by atoms with van der Waals surface area (Å²) < 4.78 is 0. The van der Waals surface area contributed by atoms with Crippen molar-refractivity contribution in [1.82, 2.24) is 9.88 Å². The lowest BCUT2D eigenvalue weighted by atomic mass is 9.99. The van der Waals surface area contributed by atoms with Crippen LogP contribution in [0.4, 0.5) is 0 Å². The Morgan fingerprint density at radius 3 is 2.41 bits per heavy atom. The van der Waals surface area contributed by atoms with Crippen LogP contribution in [0.15, 0.2) is 72.8 Å². The summed E-state index contributed by atoms with van der Waals surface area (Å²) in [5, 5.41) is 10.4. The zero-order valence-electron chi connectivity index (χ0n) is 15.5. The number of hydrogen-bond acceptors (Lipinski definition) is 2. The number of benzene rings is 3. The van der Waals surface area contributed by atoms with E-state index >= 15 is 0 Å². The highest BCUT2D eigenvalue weighted by Crippen LogP contribution is 2.32. The summed E-state index contributed by atoms with van der Waals surface area (Å²) in [7, 11) is 4.16. The zero-order chi connectivity index (χ0) is 18.8. The topological polar surface area (TPSA) is 42.8 Å². The normalized spacial score (nSPS) is 11.0. The van der Waals surface area contributed by atoms with Crippen LogP contribution < -0.4 is 0 Å². The molecule has 0 fully saturated rings. The molecule has 0 unspecified atom stereocenters. The number of fused-ring (bicyclic) bond motifs is 1. The molecule has 0 spiro atoms. The number of nitrogens with zero attached hydrogens (tertiary/aromatic N) is 2. The van der Waals surface area contributed by atoms with E-state index in [2.05, 4.69) is 84.6 Å². The zero-order valence-corrected chi connectivity index (χ0v) is 15.5. The van der Waals surface area contributed by atoms with Crippen molar-refractivity contribution in [3.63, 3.8) is 0 Å². The van der Waals surface area contributed by atoms with E-state index in [0.29, 0.717) is 5.56 Å². The number of nitriles is 1. The van der Waals surface area contributed by atoms with Crippen LogP contribution in [0.5, 0.6) is 0 Å². The fourth-order valence-corrected chi connectivity index (χ4v) is 3.47. The van der Waals surface area contributed by atoms with E-state index in [1.165, 1.54) is 16.5 Å². The van der Waals surface area contributed by atoms with Gasteiger partial charge in [0, 0.05) is 23.1 Å². The second-order valence-corrected chi connectivity index (χ2v) is 7.08. The summed E-state index contributed by atoms with van der Waals surface area (Å²) >= 11 is 0. The number of H-pyrrole nitrogens is 1. The summed E-state index contributed by atoms with van der Waals surface area (Å²) in [6, 6.07) is 27.1. The Bertz CT molecular complexity index is 1130. The summed E-state index contributed by atoms with van der Waals surface area (Å²) in [6.45, 7) is 0.937. The number of hydrogen-bond donors (Lipinski definition) is 1. The maximum Gasteiger partial charge on any atom is 0.0991 e. The molecule has 1 N–H and O–H groups in total. The van der Waals surface area contributed by atoms with Crippen LogP contribution in [0.2, 0.25) is 0 Å². The second-order valence-electron chi connectivity index (χ2n) is 7.08. The molecule has 0 aliphatic heterocycles. The van der Waals surface area contributed by atoms with Gasteiger partial charge in [0.2, 0.25) is 0 Å². The van der Waals surface area contributed by atoms with Crippen LogP contribution in [0.3, 0.4) is 0 Å². The van der Waals surface area contributed by atoms with E-state index in [-0.39, 0.29) is 0 Å². The van der Waals surface area contributed by atoms with Crippen molar-refractivity contribution in [2.75, 3.05) is 14.1 Å². The molecule has 0 atom stereocenters. The van der Waals surface area contributed by atoms with Crippen molar-refractivity contribution < 1.29 is 0 Å². The molecule has 0 saturated carbocycles. The minimum atomic E-state index is 0.678. The largest absolute Gasteiger partial charge is 0.355 e. The van der Waals surface area contributed by atoms with Gasteiger partial charge in [-0.05, 0) is 60.6 Å². The Morgan fingerprint density at radius 1 is 0.889 bits per heavy atom. The van der Waals surface area contributed by atoms with Crippen LogP contribution in [0, 0.1) is 11.3 Å². The third kappa shape index (κ3) is 3.48. The Morgan fingerprint density at radius 2 is 1.67 bits per heavy atom. The lowest BCUT2D eigenvalue weighted by Gasteiger charge is -2.09. The van der Waals surface area contributed by atoms with Gasteiger partial charge in [0.1, 0.15) is 0 Å². The highest BCUT2D eigenvalue weighted by Gasteiger charge is 2.09. The number of rotatable bonds is 4. The Balaban J connectivity index is 1.76. The van der Waals surface area contributed by atoms with Gasteiger partial charge in [-0.3, -0.25) is 0 Å². The number of aromatic nitrogens is 1. The van der Waals surface area contributed by atoms with Gasteiger partial charge in [0.05, 0.1) is 11.6 Å². The van der Waals surface area contributed by atoms with E-state index in [0.717, 1.165) is 28.9 Å². The molecular weight excluding hydrogens is 330 g/mol. The minimum Gasteiger partial charge on any atom is -0.355 e. The van der Waals surface area contributed by atoms with Crippen molar-refractivity contribution in [2.24, 2.45) is 0 Å². The predicted molar refractivity (Wildman–Crippen MR) is 111 cm³/mol. The van der Waals surface area contributed by atoms with Crippen molar-refractivity contribution >= 4 is 10.9 Å². The molecule has 1 aromatic heterocycles. The van der Waals surface area contributed by atoms with E-state index in [1.54, 1.807) is 0 Å². The Kier molecular flexibility index (Phi) is 4.50. The van der Waals surface area contributed by atoms with Gasteiger partial charge < -0.3 is 9.88 Å². The molecular formula is C24H21N3. The summed E-state index contributed by atoms with van der Waals surface area (Å²) in [5.41, 5.74) is 7.55. The van der Waals surface area contributed by atoms with E-state index in [4.69, 9.17) is 0 Å². The van der Waals surface area contributed by atoms with Crippen molar-refractivity contribution in [3.8, 4) is 28.5 Å². The third-order valence-electron chi connectivity index (χ3n) is 4.73. The summed E-state index contributed by atoms with van der Waals surface area (Å²) in [4.78, 5) is 5.70. The molecule has 27 heavy (non-hydrogen) atoms. The van der Waals surface area contributed by atoms with Crippen molar-refractivity contribution in [2.45, 2.75) is 6.54 Å². The average Bonchev–Trinajstić information content (AvgIpc) is 3.12. The molecule has 0 bridgehead atoms. The van der Waals surface area contributed by atoms with Crippen LogP contribution in [0.1, 0.15) is 11.1 Å². The van der Waals surface area contributed by atoms with E-state index in [9.17, 15) is 5.26 Å². The average molecular weight is 351 g/mol. The molecule has 132 valence electrons. The predicted octanol–water partition coefficient (Wildman–Crippen LogP) is 5.44. The van der Waals surface area contributed by atoms with Crippen molar-refractivity contribution in [1.29, 1.82) is 5.26 Å². The third-order valence-corrected chi connectivity index (χ3v) is 4.73. The Hall–Kier alpha value is -3.35. The molecule has 0 radical (unpaired) electrons. The molecule has 3 aromatic carbocycles. The maximum atomic E-state index is 9.19. The number of aromatic amines is 1. The van der Waals surface area contributed by atoms with Gasteiger partial charge in [0.25, 0.3) is 0 Å². The first kappa shape index (κ1) is 17.1. The van der Waals surface area contributed by atoms with Crippen LogP contribution in [-0.2, 0) is 6.54 Å². The first-order valence-electron chi connectivity index (χ1n) is 9.00. The maximum absolute atomic E-state index is 9.19. The summed E-state index contributed by atoms with van der Waals surface area (Å²) in [5.74, 6) is 0. The second kappa shape index (κ2) is 7.11. The van der Waals surface area contributed by atoms with Gasteiger partial charge in [-0.25, -0.2) is 0 Å². The molecule has 4 aromatic rings. The molecule has 0 aliphatic rings. The smallest absolute Gasteiger partial charge is 0.0991 e.